The summed E-state index contributed by atoms with van der Waals surface area (Å²) >= 11 is 0. The predicted octanol–water partition coefficient (Wildman–Crippen LogP) is 3.21. The molecule has 1 aliphatic rings. The predicted molar refractivity (Wildman–Crippen MR) is 109 cm³/mol. The van der Waals surface area contributed by atoms with E-state index in [0.717, 1.165) is 36.4 Å². The molecule has 0 bridgehead atoms. The van der Waals surface area contributed by atoms with Crippen LogP contribution in [0.2, 0.25) is 0 Å². The van der Waals surface area contributed by atoms with Crippen molar-refractivity contribution in [3.05, 3.63) is 59.2 Å². The van der Waals surface area contributed by atoms with E-state index in [0.29, 0.717) is 18.9 Å². The van der Waals surface area contributed by atoms with E-state index in [2.05, 4.69) is 26.3 Å². The van der Waals surface area contributed by atoms with Gasteiger partial charge in [-0.15, -0.1) is 0 Å². The highest BCUT2D eigenvalue weighted by Gasteiger charge is 2.22. The zero-order valence-electron chi connectivity index (χ0n) is 16.7. The van der Waals surface area contributed by atoms with Crippen LogP contribution in [0.25, 0.3) is 0 Å². The summed E-state index contributed by atoms with van der Waals surface area (Å²) in [5.74, 6) is 0.248. The van der Waals surface area contributed by atoms with Crippen LogP contribution in [0.1, 0.15) is 49.3 Å². The lowest BCUT2D eigenvalue weighted by atomic mass is 9.94. The Morgan fingerprint density at radius 3 is 2.75 bits per heavy atom. The lowest BCUT2D eigenvalue weighted by Crippen LogP contribution is -2.25. The molecular formula is C21H27N5O2. The third-order valence-electron chi connectivity index (χ3n) is 4.43. The molecule has 0 amide bonds. The average molecular weight is 381 g/mol. The van der Waals surface area contributed by atoms with Crippen molar-refractivity contribution in [1.82, 2.24) is 9.97 Å². The lowest BCUT2D eigenvalue weighted by molar-refractivity contribution is -0.000212. The van der Waals surface area contributed by atoms with Crippen molar-refractivity contribution in [3.63, 3.8) is 0 Å². The monoisotopic (exact) mass is 381 g/mol. The van der Waals surface area contributed by atoms with Gasteiger partial charge in [-0.1, -0.05) is 36.3 Å². The van der Waals surface area contributed by atoms with Gasteiger partial charge in [0.05, 0.1) is 5.69 Å². The number of fused-ring (bicyclic) bond motifs is 1. The molecule has 2 N–H and O–H groups in total. The molecule has 0 unspecified atom stereocenters. The first kappa shape index (κ1) is 19.8. The second-order valence-electron chi connectivity index (χ2n) is 7.75. The lowest BCUT2D eigenvalue weighted by Gasteiger charge is -2.22. The van der Waals surface area contributed by atoms with Gasteiger partial charge in [0.25, 0.3) is 0 Å². The highest BCUT2D eigenvalue weighted by molar-refractivity contribution is 6.00. The maximum absolute atomic E-state index is 5.88. The van der Waals surface area contributed by atoms with E-state index in [1.165, 1.54) is 5.56 Å². The Morgan fingerprint density at radius 2 is 1.96 bits per heavy atom. The van der Waals surface area contributed by atoms with Crippen molar-refractivity contribution in [2.75, 3.05) is 13.2 Å². The topological polar surface area (TPSA) is 95.0 Å². The Balaban J connectivity index is 1.54. The number of pyridine rings is 2. The number of aryl methyl sites for hydroxylation is 2. The molecule has 2 aromatic rings. The summed E-state index contributed by atoms with van der Waals surface area (Å²) in [7, 11) is 0. The second-order valence-corrected chi connectivity index (χ2v) is 7.75. The molecule has 0 aliphatic heterocycles. The van der Waals surface area contributed by atoms with Crippen molar-refractivity contribution in [2.45, 2.75) is 40.0 Å². The molecule has 7 nitrogen and oxygen atoms in total. The molecule has 0 saturated heterocycles. The van der Waals surface area contributed by atoms with Crippen LogP contribution in [-0.2, 0) is 16.1 Å². The number of rotatable bonds is 7. The van der Waals surface area contributed by atoms with Gasteiger partial charge in [-0.2, -0.15) is 0 Å². The zero-order chi connectivity index (χ0) is 20.0. The number of amidine groups is 1. The maximum atomic E-state index is 5.88. The first-order chi connectivity index (χ1) is 13.4. The van der Waals surface area contributed by atoms with E-state index in [1.807, 2.05) is 39.0 Å². The summed E-state index contributed by atoms with van der Waals surface area (Å²) in [6.07, 6.45) is 4.64. The summed E-state index contributed by atoms with van der Waals surface area (Å²) in [5.41, 5.74) is 10.3. The zero-order valence-corrected chi connectivity index (χ0v) is 16.7. The van der Waals surface area contributed by atoms with Gasteiger partial charge in [-0.3, -0.25) is 9.97 Å². The molecule has 28 heavy (non-hydrogen) atoms. The van der Waals surface area contributed by atoms with Crippen molar-refractivity contribution < 1.29 is 9.68 Å². The maximum Gasteiger partial charge on any atom is 0.188 e. The molecule has 0 aromatic carbocycles. The van der Waals surface area contributed by atoms with Gasteiger partial charge < -0.3 is 15.4 Å². The van der Waals surface area contributed by atoms with Gasteiger partial charge in [0.2, 0.25) is 0 Å². The number of oxime groups is 2. The largest absolute Gasteiger partial charge is 0.395 e. The second kappa shape index (κ2) is 8.82. The Labute approximate surface area is 165 Å². The standard InChI is InChI=1S/C21H27N5O2/c1-15-10-11-16-7-6-9-17(19(16)24-15)25-27-13-21(2,3)14-28-26-20(22)18-8-4-5-12-23-18/h4-5,8,10-12H,6-7,9,13-14H2,1-3H3,(H2,22,26)/b25-17+. The van der Waals surface area contributed by atoms with Gasteiger partial charge in [0.15, 0.2) is 5.84 Å². The fraction of sp³-hybridized carbons (Fsp3) is 0.429. The highest BCUT2D eigenvalue weighted by atomic mass is 16.6. The molecule has 1 aliphatic carbocycles. The number of nitrogens with two attached hydrogens (primary N) is 1. The highest BCUT2D eigenvalue weighted by Crippen LogP contribution is 2.22. The van der Waals surface area contributed by atoms with E-state index in [4.69, 9.17) is 15.4 Å². The molecule has 0 fully saturated rings. The van der Waals surface area contributed by atoms with E-state index >= 15 is 0 Å². The number of hydrogen-bond donors (Lipinski definition) is 1. The average Bonchev–Trinajstić information content (AvgIpc) is 2.68. The summed E-state index contributed by atoms with van der Waals surface area (Å²) < 4.78 is 0. The van der Waals surface area contributed by atoms with E-state index < -0.39 is 0 Å². The molecule has 0 saturated carbocycles. The third kappa shape index (κ3) is 5.28. The van der Waals surface area contributed by atoms with E-state index in [-0.39, 0.29) is 11.3 Å². The van der Waals surface area contributed by atoms with Gasteiger partial charge in [0.1, 0.15) is 24.6 Å². The van der Waals surface area contributed by atoms with Crippen molar-refractivity contribution in [2.24, 2.45) is 21.5 Å². The van der Waals surface area contributed by atoms with Gasteiger partial charge in [-0.05, 0) is 49.9 Å². The molecule has 0 atom stereocenters. The van der Waals surface area contributed by atoms with Crippen LogP contribution in [-0.4, -0.2) is 34.7 Å². The van der Waals surface area contributed by atoms with Crippen LogP contribution in [0.4, 0.5) is 0 Å². The Kier molecular flexibility index (Phi) is 6.23. The fourth-order valence-electron chi connectivity index (χ4n) is 2.85. The number of nitrogens with zero attached hydrogens (tertiary/aromatic N) is 4. The molecule has 2 heterocycles. The Hall–Kier alpha value is -2.96. The SMILES string of the molecule is Cc1ccc2c(n1)/C(=N/OCC(C)(C)CO/N=C(\N)c1ccccn1)CCC2. The Bertz CT molecular complexity index is 862. The third-order valence-corrected chi connectivity index (χ3v) is 4.43. The molecular weight excluding hydrogens is 354 g/mol. The quantitative estimate of drug-likeness (QED) is 0.451. The summed E-state index contributed by atoms with van der Waals surface area (Å²) in [5, 5.41) is 8.32. The minimum absolute atomic E-state index is 0.248. The van der Waals surface area contributed by atoms with Crippen LogP contribution in [0.15, 0.2) is 46.8 Å². The molecule has 148 valence electrons. The minimum atomic E-state index is -0.282. The van der Waals surface area contributed by atoms with Gasteiger partial charge in [-0.25, -0.2) is 0 Å². The summed E-state index contributed by atoms with van der Waals surface area (Å²) in [4.78, 5) is 19.8. The van der Waals surface area contributed by atoms with Crippen LogP contribution >= 0.6 is 0 Å². The van der Waals surface area contributed by atoms with Crippen molar-refractivity contribution >= 4 is 11.5 Å². The first-order valence-electron chi connectivity index (χ1n) is 9.47. The van der Waals surface area contributed by atoms with Gasteiger partial charge >= 0.3 is 0 Å². The van der Waals surface area contributed by atoms with Crippen LogP contribution in [0, 0.1) is 12.3 Å². The summed E-state index contributed by atoms with van der Waals surface area (Å²) in [6.45, 7) is 6.79. The van der Waals surface area contributed by atoms with Crippen LogP contribution in [0.5, 0.6) is 0 Å². The minimum Gasteiger partial charge on any atom is -0.395 e. The smallest absolute Gasteiger partial charge is 0.188 e. The molecule has 3 rings (SSSR count). The normalized spacial score (nSPS) is 16.0. The number of aromatic nitrogens is 2. The van der Waals surface area contributed by atoms with Crippen LogP contribution < -0.4 is 5.73 Å². The van der Waals surface area contributed by atoms with E-state index in [1.54, 1.807) is 12.3 Å². The molecule has 0 spiro atoms. The molecule has 0 radical (unpaired) electrons. The summed E-state index contributed by atoms with van der Waals surface area (Å²) in [6, 6.07) is 9.63. The first-order valence-corrected chi connectivity index (χ1v) is 9.47. The van der Waals surface area contributed by atoms with E-state index in [9.17, 15) is 0 Å². The molecule has 7 heteroatoms. The number of hydrogen-bond acceptors (Lipinski definition) is 6. The van der Waals surface area contributed by atoms with Gasteiger partial charge in [0, 0.05) is 17.3 Å². The molecule has 2 aromatic heterocycles. The fourth-order valence-corrected chi connectivity index (χ4v) is 2.85. The van der Waals surface area contributed by atoms with Crippen LogP contribution in [0.3, 0.4) is 0 Å². The van der Waals surface area contributed by atoms with Crippen molar-refractivity contribution in [3.8, 4) is 0 Å². The Morgan fingerprint density at radius 1 is 1.14 bits per heavy atom. The van der Waals surface area contributed by atoms with Crippen molar-refractivity contribution in [1.29, 1.82) is 0 Å².